The van der Waals surface area contributed by atoms with Gasteiger partial charge in [0.1, 0.15) is 5.75 Å². The summed E-state index contributed by atoms with van der Waals surface area (Å²) < 4.78 is 10.9. The summed E-state index contributed by atoms with van der Waals surface area (Å²) >= 11 is 0. The lowest BCUT2D eigenvalue weighted by molar-refractivity contribution is 0.184. The van der Waals surface area contributed by atoms with E-state index in [4.69, 9.17) is 9.47 Å². The topological polar surface area (TPSA) is 30.5 Å². The third kappa shape index (κ3) is 6.40. The van der Waals surface area contributed by atoms with Crippen molar-refractivity contribution in [2.24, 2.45) is 0 Å². The minimum absolute atomic E-state index is 0.644. The highest BCUT2D eigenvalue weighted by atomic mass is 16.5. The minimum atomic E-state index is 0.644. The molecule has 0 heterocycles. The SMILES string of the molecule is COCc1cccc(OCCCCCCNC2CC2)c1. The normalized spacial score (nSPS) is 14.4. The number of hydrogen-bond acceptors (Lipinski definition) is 3. The molecule has 2 rings (SSSR count). The lowest BCUT2D eigenvalue weighted by Crippen LogP contribution is -2.17. The molecule has 1 aromatic rings. The molecule has 0 amide bonds. The van der Waals surface area contributed by atoms with Crippen molar-refractivity contribution in [2.75, 3.05) is 20.3 Å². The summed E-state index contributed by atoms with van der Waals surface area (Å²) in [4.78, 5) is 0. The van der Waals surface area contributed by atoms with Crippen LogP contribution in [0.5, 0.6) is 5.75 Å². The smallest absolute Gasteiger partial charge is 0.119 e. The van der Waals surface area contributed by atoms with Crippen LogP contribution in [0.1, 0.15) is 44.1 Å². The third-order valence-corrected chi connectivity index (χ3v) is 3.56. The minimum Gasteiger partial charge on any atom is -0.494 e. The third-order valence-electron chi connectivity index (χ3n) is 3.56. The average molecular weight is 277 g/mol. The molecule has 0 atom stereocenters. The summed E-state index contributed by atoms with van der Waals surface area (Å²) in [6.45, 7) is 2.64. The molecular weight excluding hydrogens is 250 g/mol. The van der Waals surface area contributed by atoms with Gasteiger partial charge in [0, 0.05) is 13.2 Å². The Labute approximate surface area is 122 Å². The maximum Gasteiger partial charge on any atom is 0.119 e. The van der Waals surface area contributed by atoms with Gasteiger partial charge in [-0.05, 0) is 49.9 Å². The second-order valence-electron chi connectivity index (χ2n) is 5.57. The summed E-state index contributed by atoms with van der Waals surface area (Å²) in [5.41, 5.74) is 1.16. The van der Waals surface area contributed by atoms with Crippen LogP contribution >= 0.6 is 0 Å². The van der Waals surface area contributed by atoms with Crippen molar-refractivity contribution >= 4 is 0 Å². The highest BCUT2D eigenvalue weighted by Gasteiger charge is 2.19. The van der Waals surface area contributed by atoms with E-state index in [1.165, 1.54) is 38.6 Å². The van der Waals surface area contributed by atoms with E-state index < -0.39 is 0 Å². The molecule has 1 aromatic carbocycles. The maximum absolute atomic E-state index is 5.78. The Balaban J connectivity index is 1.48. The Morgan fingerprint density at radius 1 is 1.15 bits per heavy atom. The fourth-order valence-electron chi connectivity index (χ4n) is 2.26. The maximum atomic E-state index is 5.78. The number of unbranched alkanes of at least 4 members (excludes halogenated alkanes) is 3. The van der Waals surface area contributed by atoms with E-state index in [0.717, 1.165) is 30.4 Å². The van der Waals surface area contributed by atoms with Crippen molar-refractivity contribution in [1.82, 2.24) is 5.32 Å². The molecule has 1 fully saturated rings. The summed E-state index contributed by atoms with van der Waals surface area (Å²) in [7, 11) is 1.71. The van der Waals surface area contributed by atoms with Gasteiger partial charge < -0.3 is 14.8 Å². The molecule has 0 bridgehead atoms. The van der Waals surface area contributed by atoms with Gasteiger partial charge in [0.05, 0.1) is 13.2 Å². The molecule has 1 aliphatic carbocycles. The lowest BCUT2D eigenvalue weighted by atomic mass is 10.2. The van der Waals surface area contributed by atoms with Crippen molar-refractivity contribution in [1.29, 1.82) is 0 Å². The fraction of sp³-hybridized carbons (Fsp3) is 0.647. The first-order valence-electron chi connectivity index (χ1n) is 7.82. The second-order valence-corrected chi connectivity index (χ2v) is 5.57. The number of ether oxygens (including phenoxy) is 2. The molecular formula is C17H27NO2. The number of methoxy groups -OCH3 is 1. The Kier molecular flexibility index (Phi) is 6.89. The van der Waals surface area contributed by atoms with Crippen LogP contribution in [0.3, 0.4) is 0 Å². The Morgan fingerprint density at radius 3 is 2.80 bits per heavy atom. The van der Waals surface area contributed by atoms with Gasteiger partial charge in [0.25, 0.3) is 0 Å². The molecule has 1 saturated carbocycles. The number of hydrogen-bond donors (Lipinski definition) is 1. The summed E-state index contributed by atoms with van der Waals surface area (Å²) in [5, 5.41) is 3.55. The molecule has 112 valence electrons. The summed E-state index contributed by atoms with van der Waals surface area (Å²) in [6.07, 6.45) is 7.75. The van der Waals surface area contributed by atoms with E-state index in [1.54, 1.807) is 7.11 Å². The van der Waals surface area contributed by atoms with Gasteiger partial charge in [-0.3, -0.25) is 0 Å². The molecule has 1 aliphatic rings. The van der Waals surface area contributed by atoms with E-state index in [2.05, 4.69) is 17.4 Å². The van der Waals surface area contributed by atoms with E-state index in [1.807, 2.05) is 12.1 Å². The summed E-state index contributed by atoms with van der Waals surface area (Å²) in [5.74, 6) is 0.954. The molecule has 3 nitrogen and oxygen atoms in total. The van der Waals surface area contributed by atoms with Crippen LogP contribution in [-0.2, 0) is 11.3 Å². The van der Waals surface area contributed by atoms with E-state index in [9.17, 15) is 0 Å². The van der Waals surface area contributed by atoms with Gasteiger partial charge in [0.15, 0.2) is 0 Å². The lowest BCUT2D eigenvalue weighted by Gasteiger charge is -2.08. The standard InChI is InChI=1S/C17H27NO2/c1-19-14-15-7-6-8-17(13-15)20-12-5-3-2-4-11-18-16-9-10-16/h6-8,13,16,18H,2-5,9-12,14H2,1H3. The van der Waals surface area contributed by atoms with Crippen molar-refractivity contribution in [3.05, 3.63) is 29.8 Å². The molecule has 0 spiro atoms. The van der Waals surface area contributed by atoms with Gasteiger partial charge in [0.2, 0.25) is 0 Å². The van der Waals surface area contributed by atoms with E-state index in [-0.39, 0.29) is 0 Å². The van der Waals surface area contributed by atoms with Crippen LogP contribution in [0.25, 0.3) is 0 Å². The van der Waals surface area contributed by atoms with E-state index in [0.29, 0.717) is 6.61 Å². The monoisotopic (exact) mass is 277 g/mol. The predicted octanol–water partition coefficient (Wildman–Crippen LogP) is 3.52. The highest BCUT2D eigenvalue weighted by molar-refractivity contribution is 5.28. The molecule has 20 heavy (non-hydrogen) atoms. The quantitative estimate of drug-likeness (QED) is 0.628. The van der Waals surface area contributed by atoms with Gasteiger partial charge >= 0.3 is 0 Å². The van der Waals surface area contributed by atoms with Crippen molar-refractivity contribution in [2.45, 2.75) is 51.2 Å². The van der Waals surface area contributed by atoms with Gasteiger partial charge in [-0.15, -0.1) is 0 Å². The largest absolute Gasteiger partial charge is 0.494 e. The Bertz CT molecular complexity index is 377. The van der Waals surface area contributed by atoms with Gasteiger partial charge in [-0.2, -0.15) is 0 Å². The first-order chi connectivity index (χ1) is 9.88. The molecule has 0 aliphatic heterocycles. The van der Waals surface area contributed by atoms with E-state index >= 15 is 0 Å². The van der Waals surface area contributed by atoms with Crippen LogP contribution in [0.4, 0.5) is 0 Å². The highest BCUT2D eigenvalue weighted by Crippen LogP contribution is 2.18. The van der Waals surface area contributed by atoms with Gasteiger partial charge in [-0.25, -0.2) is 0 Å². The zero-order valence-electron chi connectivity index (χ0n) is 12.6. The Morgan fingerprint density at radius 2 is 2.00 bits per heavy atom. The zero-order chi connectivity index (χ0) is 14.0. The van der Waals surface area contributed by atoms with Crippen LogP contribution in [0.2, 0.25) is 0 Å². The van der Waals surface area contributed by atoms with Crippen LogP contribution in [-0.4, -0.2) is 26.3 Å². The summed E-state index contributed by atoms with van der Waals surface area (Å²) in [6, 6.07) is 9.00. The van der Waals surface area contributed by atoms with Crippen LogP contribution in [0, 0.1) is 0 Å². The van der Waals surface area contributed by atoms with Crippen LogP contribution in [0.15, 0.2) is 24.3 Å². The number of rotatable bonds is 11. The number of benzene rings is 1. The molecule has 1 N–H and O–H groups in total. The molecule has 0 unspecified atom stereocenters. The second kappa shape index (κ2) is 8.98. The predicted molar refractivity (Wildman–Crippen MR) is 82.1 cm³/mol. The van der Waals surface area contributed by atoms with Crippen molar-refractivity contribution in [3.63, 3.8) is 0 Å². The average Bonchev–Trinajstić information content (AvgIpc) is 3.27. The molecule has 0 aromatic heterocycles. The van der Waals surface area contributed by atoms with Crippen molar-refractivity contribution < 1.29 is 9.47 Å². The first kappa shape index (κ1) is 15.3. The molecule has 0 saturated heterocycles. The van der Waals surface area contributed by atoms with Gasteiger partial charge in [-0.1, -0.05) is 25.0 Å². The van der Waals surface area contributed by atoms with Crippen LogP contribution < -0.4 is 10.1 Å². The van der Waals surface area contributed by atoms with Crippen molar-refractivity contribution in [3.8, 4) is 5.75 Å². The molecule has 3 heteroatoms. The Hall–Kier alpha value is -1.06. The molecule has 0 radical (unpaired) electrons. The fourth-order valence-corrected chi connectivity index (χ4v) is 2.26. The number of nitrogens with one attached hydrogen (secondary N) is 1. The zero-order valence-corrected chi connectivity index (χ0v) is 12.6. The first-order valence-corrected chi connectivity index (χ1v) is 7.82.